The fourth-order valence-electron chi connectivity index (χ4n) is 2.39. The molecule has 1 amide bonds. The van der Waals surface area contributed by atoms with E-state index in [4.69, 9.17) is 9.84 Å². The quantitative estimate of drug-likeness (QED) is 0.887. The van der Waals surface area contributed by atoms with Gasteiger partial charge < -0.3 is 15.2 Å². The maximum atomic E-state index is 11.9. The summed E-state index contributed by atoms with van der Waals surface area (Å²) in [7, 11) is 1.58. The lowest BCUT2D eigenvalue weighted by atomic mass is 10.0. The fraction of sp³-hybridized carbons (Fsp3) is 0.222. The monoisotopic (exact) mass is 311 g/mol. The van der Waals surface area contributed by atoms with Gasteiger partial charge in [-0.25, -0.2) is 4.79 Å². The lowest BCUT2D eigenvalue weighted by Crippen LogP contribution is -2.13. The number of ether oxygens (including phenoxy) is 1. The molecule has 0 spiro atoms. The molecule has 1 fully saturated rings. The molecule has 0 atom stereocenters. The second-order valence-corrected chi connectivity index (χ2v) is 5.56. The molecule has 1 aliphatic carbocycles. The molecule has 0 aromatic heterocycles. The standard InChI is InChI=1S/C18H17NO4/c1-23-16-9-8-14(19-17(20)12-4-5-12)10-15(16)11-2-6-13(7-3-11)18(21)22/h2-3,6-10,12H,4-5H2,1H3,(H,19,20)(H,21,22). The van der Waals surface area contributed by atoms with Crippen LogP contribution in [0.15, 0.2) is 42.5 Å². The van der Waals surface area contributed by atoms with Crippen LogP contribution in [0.25, 0.3) is 11.1 Å². The minimum absolute atomic E-state index is 0.0438. The van der Waals surface area contributed by atoms with Gasteiger partial charge in [0.15, 0.2) is 0 Å². The highest BCUT2D eigenvalue weighted by Gasteiger charge is 2.29. The van der Waals surface area contributed by atoms with Crippen molar-refractivity contribution in [3.63, 3.8) is 0 Å². The van der Waals surface area contributed by atoms with Crippen LogP contribution < -0.4 is 10.1 Å². The highest BCUT2D eigenvalue weighted by Crippen LogP contribution is 2.34. The molecular weight excluding hydrogens is 294 g/mol. The number of anilines is 1. The SMILES string of the molecule is COc1ccc(NC(=O)C2CC2)cc1-c1ccc(C(=O)O)cc1. The number of hydrogen-bond donors (Lipinski definition) is 2. The van der Waals surface area contributed by atoms with E-state index in [9.17, 15) is 9.59 Å². The minimum Gasteiger partial charge on any atom is -0.496 e. The van der Waals surface area contributed by atoms with Crippen LogP contribution in [-0.2, 0) is 4.79 Å². The van der Waals surface area contributed by atoms with Crippen molar-refractivity contribution in [1.29, 1.82) is 0 Å². The Morgan fingerprint density at radius 3 is 2.39 bits per heavy atom. The van der Waals surface area contributed by atoms with Crippen molar-refractivity contribution in [3.8, 4) is 16.9 Å². The molecule has 2 aromatic carbocycles. The van der Waals surface area contributed by atoms with Gasteiger partial charge in [-0.3, -0.25) is 4.79 Å². The summed E-state index contributed by atoms with van der Waals surface area (Å²) in [5.74, 6) is -0.121. The van der Waals surface area contributed by atoms with E-state index < -0.39 is 5.97 Å². The third kappa shape index (κ3) is 3.34. The van der Waals surface area contributed by atoms with Gasteiger partial charge in [0.1, 0.15) is 5.75 Å². The van der Waals surface area contributed by atoms with E-state index in [1.54, 1.807) is 43.5 Å². The van der Waals surface area contributed by atoms with E-state index in [0.717, 1.165) is 24.0 Å². The first-order valence-corrected chi connectivity index (χ1v) is 7.41. The third-order valence-corrected chi connectivity index (χ3v) is 3.86. The Morgan fingerprint density at radius 1 is 1.13 bits per heavy atom. The minimum atomic E-state index is -0.964. The van der Waals surface area contributed by atoms with Crippen LogP contribution in [0.3, 0.4) is 0 Å². The van der Waals surface area contributed by atoms with Gasteiger partial charge in [0.05, 0.1) is 12.7 Å². The molecule has 2 aromatic rings. The van der Waals surface area contributed by atoms with Gasteiger partial charge in [0.2, 0.25) is 5.91 Å². The summed E-state index contributed by atoms with van der Waals surface area (Å²) in [6.07, 6.45) is 1.90. The van der Waals surface area contributed by atoms with Crippen molar-refractivity contribution in [1.82, 2.24) is 0 Å². The molecule has 0 heterocycles. The van der Waals surface area contributed by atoms with Crippen LogP contribution in [0.5, 0.6) is 5.75 Å². The zero-order chi connectivity index (χ0) is 16.4. The summed E-state index contributed by atoms with van der Waals surface area (Å²) in [4.78, 5) is 22.8. The number of carboxylic acid groups (broad SMARTS) is 1. The Kier molecular flexibility index (Phi) is 4.02. The molecule has 5 heteroatoms. The Hall–Kier alpha value is -2.82. The first-order valence-electron chi connectivity index (χ1n) is 7.41. The van der Waals surface area contributed by atoms with E-state index >= 15 is 0 Å². The van der Waals surface area contributed by atoms with E-state index in [1.165, 1.54) is 0 Å². The number of benzene rings is 2. The Morgan fingerprint density at radius 2 is 1.83 bits per heavy atom. The van der Waals surface area contributed by atoms with Gasteiger partial charge in [-0.2, -0.15) is 0 Å². The summed E-state index contributed by atoms with van der Waals surface area (Å²) in [5.41, 5.74) is 2.57. The molecule has 1 aliphatic rings. The van der Waals surface area contributed by atoms with Crippen molar-refractivity contribution in [3.05, 3.63) is 48.0 Å². The van der Waals surface area contributed by atoms with Gasteiger partial charge in [0.25, 0.3) is 0 Å². The van der Waals surface area contributed by atoms with Crippen molar-refractivity contribution < 1.29 is 19.4 Å². The number of amides is 1. The predicted molar refractivity (Wildman–Crippen MR) is 86.7 cm³/mol. The molecule has 3 rings (SSSR count). The Balaban J connectivity index is 1.91. The molecule has 0 radical (unpaired) electrons. The van der Waals surface area contributed by atoms with E-state index in [1.807, 2.05) is 6.07 Å². The summed E-state index contributed by atoms with van der Waals surface area (Å²) in [5, 5.41) is 11.9. The van der Waals surface area contributed by atoms with Crippen molar-refractivity contribution in [2.24, 2.45) is 5.92 Å². The van der Waals surface area contributed by atoms with E-state index in [2.05, 4.69) is 5.32 Å². The van der Waals surface area contributed by atoms with Crippen molar-refractivity contribution in [2.45, 2.75) is 12.8 Å². The van der Waals surface area contributed by atoms with Gasteiger partial charge in [0, 0.05) is 17.2 Å². The average molecular weight is 311 g/mol. The van der Waals surface area contributed by atoms with Gasteiger partial charge in [-0.15, -0.1) is 0 Å². The largest absolute Gasteiger partial charge is 0.496 e. The van der Waals surface area contributed by atoms with Crippen molar-refractivity contribution >= 4 is 17.6 Å². The van der Waals surface area contributed by atoms with Crippen LogP contribution in [-0.4, -0.2) is 24.1 Å². The normalized spacial score (nSPS) is 13.4. The molecule has 118 valence electrons. The van der Waals surface area contributed by atoms with E-state index in [0.29, 0.717) is 11.4 Å². The number of methoxy groups -OCH3 is 1. The molecule has 0 saturated heterocycles. The molecule has 0 aliphatic heterocycles. The van der Waals surface area contributed by atoms with Crippen LogP contribution in [0.4, 0.5) is 5.69 Å². The van der Waals surface area contributed by atoms with Crippen LogP contribution in [0, 0.1) is 5.92 Å². The van der Waals surface area contributed by atoms with Crippen molar-refractivity contribution in [2.75, 3.05) is 12.4 Å². The number of carbonyl (C=O) groups excluding carboxylic acids is 1. The molecule has 1 saturated carbocycles. The summed E-state index contributed by atoms with van der Waals surface area (Å²) >= 11 is 0. The number of hydrogen-bond acceptors (Lipinski definition) is 3. The van der Waals surface area contributed by atoms with Crippen LogP contribution in [0.2, 0.25) is 0 Å². The number of carbonyl (C=O) groups is 2. The molecule has 0 bridgehead atoms. The maximum Gasteiger partial charge on any atom is 0.335 e. The summed E-state index contributed by atoms with van der Waals surface area (Å²) in [6.45, 7) is 0. The zero-order valence-corrected chi connectivity index (χ0v) is 12.7. The highest BCUT2D eigenvalue weighted by atomic mass is 16.5. The second-order valence-electron chi connectivity index (χ2n) is 5.56. The molecule has 23 heavy (non-hydrogen) atoms. The molecule has 5 nitrogen and oxygen atoms in total. The zero-order valence-electron chi connectivity index (χ0n) is 12.7. The number of carboxylic acids is 1. The molecular formula is C18H17NO4. The lowest BCUT2D eigenvalue weighted by molar-refractivity contribution is -0.117. The maximum absolute atomic E-state index is 11.9. The Bertz CT molecular complexity index is 748. The van der Waals surface area contributed by atoms with Gasteiger partial charge in [-0.05, 0) is 48.7 Å². The number of aromatic carboxylic acids is 1. The van der Waals surface area contributed by atoms with Gasteiger partial charge >= 0.3 is 5.97 Å². The average Bonchev–Trinajstić information content (AvgIpc) is 3.40. The number of nitrogens with one attached hydrogen (secondary N) is 1. The summed E-state index contributed by atoms with van der Waals surface area (Å²) < 4.78 is 5.37. The predicted octanol–water partition coefficient (Wildman–Crippen LogP) is 3.41. The fourth-order valence-corrected chi connectivity index (χ4v) is 2.39. The topological polar surface area (TPSA) is 75.6 Å². The smallest absolute Gasteiger partial charge is 0.335 e. The highest BCUT2D eigenvalue weighted by molar-refractivity contribution is 5.95. The van der Waals surface area contributed by atoms with Crippen LogP contribution >= 0.6 is 0 Å². The molecule has 2 N–H and O–H groups in total. The first-order chi connectivity index (χ1) is 11.1. The van der Waals surface area contributed by atoms with Crippen LogP contribution in [0.1, 0.15) is 23.2 Å². The first kappa shape index (κ1) is 15.1. The van der Waals surface area contributed by atoms with Gasteiger partial charge in [-0.1, -0.05) is 12.1 Å². The molecule has 0 unspecified atom stereocenters. The van der Waals surface area contributed by atoms with E-state index in [-0.39, 0.29) is 17.4 Å². The second kappa shape index (κ2) is 6.12. The lowest BCUT2D eigenvalue weighted by Gasteiger charge is -2.12. The Labute approximate surface area is 133 Å². The number of rotatable bonds is 5. The third-order valence-electron chi connectivity index (χ3n) is 3.86. The summed E-state index contributed by atoms with van der Waals surface area (Å²) in [6, 6.07) is 12.0.